The van der Waals surface area contributed by atoms with Gasteiger partial charge in [-0.1, -0.05) is 13.0 Å². The Morgan fingerprint density at radius 2 is 1.92 bits per heavy atom. The monoisotopic (exact) mass is 370 g/mol. The zero-order valence-corrected chi connectivity index (χ0v) is 15.8. The minimum absolute atomic E-state index is 0.180. The van der Waals surface area contributed by atoms with Crippen LogP contribution in [0.5, 0.6) is 5.75 Å². The van der Waals surface area contributed by atoms with Gasteiger partial charge in [0.1, 0.15) is 10.6 Å². The molecule has 1 saturated heterocycles. The molecule has 1 heterocycles. The van der Waals surface area contributed by atoms with Gasteiger partial charge in [-0.25, -0.2) is 13.2 Å². The second kappa shape index (κ2) is 8.53. The van der Waals surface area contributed by atoms with Gasteiger partial charge in [-0.05, 0) is 37.5 Å². The molecule has 0 unspecified atom stereocenters. The van der Waals surface area contributed by atoms with Crippen molar-refractivity contribution in [2.24, 2.45) is 0 Å². The molecular formula is C17H26N2O5S. The highest BCUT2D eigenvalue weighted by Crippen LogP contribution is 2.28. The first-order valence-corrected chi connectivity index (χ1v) is 9.96. The summed E-state index contributed by atoms with van der Waals surface area (Å²) in [5.41, 5.74) is 0.933. The van der Waals surface area contributed by atoms with Crippen LogP contribution in [-0.2, 0) is 21.2 Å². The normalized spacial score (nSPS) is 16.4. The van der Waals surface area contributed by atoms with Gasteiger partial charge in [-0.2, -0.15) is 4.31 Å². The molecule has 0 bridgehead atoms. The van der Waals surface area contributed by atoms with Gasteiger partial charge in [0.05, 0.1) is 13.7 Å². The van der Waals surface area contributed by atoms with Gasteiger partial charge in [0.15, 0.2) is 0 Å². The average Bonchev–Trinajstić information content (AvgIpc) is 2.88. The highest BCUT2D eigenvalue weighted by Gasteiger charge is 2.31. The molecule has 0 atom stereocenters. The maximum absolute atomic E-state index is 13.1. The molecule has 0 aliphatic carbocycles. The lowest BCUT2D eigenvalue weighted by atomic mass is 10.2. The predicted octanol–water partition coefficient (Wildman–Crippen LogP) is 2.11. The van der Waals surface area contributed by atoms with Gasteiger partial charge >= 0.3 is 6.09 Å². The van der Waals surface area contributed by atoms with E-state index < -0.39 is 16.1 Å². The molecular weight excluding hydrogens is 344 g/mol. The van der Waals surface area contributed by atoms with Crippen LogP contribution in [0, 0.1) is 0 Å². The zero-order chi connectivity index (χ0) is 18.4. The third-order valence-corrected chi connectivity index (χ3v) is 6.15. The molecule has 7 nitrogen and oxygen atoms in total. The van der Waals surface area contributed by atoms with E-state index in [9.17, 15) is 13.2 Å². The summed E-state index contributed by atoms with van der Waals surface area (Å²) in [6.07, 6.45) is 0.907. The Labute approximate surface area is 149 Å². The summed E-state index contributed by atoms with van der Waals surface area (Å²) in [6, 6.07) is 5.22. The SMILES string of the molecule is CCOC(=O)N1CCCN(S(=O)(=O)c2cc(CC)ccc2OC)CC1. The third-order valence-electron chi connectivity index (χ3n) is 4.23. The van der Waals surface area contributed by atoms with Crippen LogP contribution in [0.15, 0.2) is 23.1 Å². The van der Waals surface area contributed by atoms with Crippen LogP contribution in [0.1, 0.15) is 25.8 Å². The van der Waals surface area contributed by atoms with Crippen LogP contribution >= 0.6 is 0 Å². The van der Waals surface area contributed by atoms with Crippen LogP contribution in [-0.4, -0.2) is 63.6 Å². The largest absolute Gasteiger partial charge is 0.495 e. The maximum atomic E-state index is 13.1. The molecule has 0 N–H and O–H groups in total. The smallest absolute Gasteiger partial charge is 0.409 e. The Hall–Kier alpha value is -1.80. The zero-order valence-electron chi connectivity index (χ0n) is 15.0. The lowest BCUT2D eigenvalue weighted by molar-refractivity contribution is 0.109. The molecule has 140 valence electrons. The number of methoxy groups -OCH3 is 1. The Bertz CT molecular complexity index is 705. The Morgan fingerprint density at radius 3 is 2.56 bits per heavy atom. The van der Waals surface area contributed by atoms with Crippen LogP contribution in [0.25, 0.3) is 0 Å². The number of rotatable bonds is 5. The first-order valence-electron chi connectivity index (χ1n) is 8.52. The number of hydrogen-bond donors (Lipinski definition) is 0. The number of hydrogen-bond acceptors (Lipinski definition) is 5. The van der Waals surface area contributed by atoms with Gasteiger partial charge in [0.2, 0.25) is 10.0 Å². The van der Waals surface area contributed by atoms with Gasteiger partial charge in [0, 0.05) is 26.2 Å². The van der Waals surface area contributed by atoms with Crippen molar-refractivity contribution in [2.45, 2.75) is 31.6 Å². The summed E-state index contributed by atoms with van der Waals surface area (Å²) in [7, 11) is -2.23. The molecule has 2 rings (SSSR count). The number of benzene rings is 1. The lowest BCUT2D eigenvalue weighted by Gasteiger charge is -2.22. The van der Waals surface area contributed by atoms with Gasteiger partial charge in [-0.3, -0.25) is 0 Å². The number of aryl methyl sites for hydroxylation is 1. The number of nitrogens with zero attached hydrogens (tertiary/aromatic N) is 2. The standard InChI is InChI=1S/C17H26N2O5S/c1-4-14-7-8-15(23-3)16(13-14)25(21,22)19-10-6-9-18(11-12-19)17(20)24-5-2/h7-8,13H,4-6,9-12H2,1-3H3. The molecule has 1 aromatic carbocycles. The van der Waals surface area contributed by atoms with E-state index in [1.165, 1.54) is 11.4 Å². The topological polar surface area (TPSA) is 76.2 Å². The quantitative estimate of drug-likeness (QED) is 0.793. The van der Waals surface area contributed by atoms with Crippen LogP contribution < -0.4 is 4.74 Å². The van der Waals surface area contributed by atoms with Gasteiger partial charge in [0.25, 0.3) is 0 Å². The second-order valence-corrected chi connectivity index (χ2v) is 7.69. The summed E-state index contributed by atoms with van der Waals surface area (Å²) in [4.78, 5) is 13.6. The molecule has 1 aliphatic heterocycles. The molecule has 1 fully saturated rings. The van der Waals surface area contributed by atoms with Crippen molar-refractivity contribution in [3.63, 3.8) is 0 Å². The fraction of sp³-hybridized carbons (Fsp3) is 0.588. The summed E-state index contributed by atoms with van der Waals surface area (Å²) in [5.74, 6) is 0.337. The molecule has 0 aromatic heterocycles. The number of carbonyl (C=O) groups is 1. The molecule has 0 spiro atoms. The number of ether oxygens (including phenoxy) is 2. The predicted molar refractivity (Wildman–Crippen MR) is 94.3 cm³/mol. The van der Waals surface area contributed by atoms with Crippen molar-refractivity contribution in [1.29, 1.82) is 0 Å². The van der Waals surface area contributed by atoms with Gasteiger partial charge in [-0.15, -0.1) is 0 Å². The molecule has 1 amide bonds. The summed E-state index contributed by atoms with van der Waals surface area (Å²) >= 11 is 0. The average molecular weight is 370 g/mol. The van der Waals surface area contributed by atoms with Crippen molar-refractivity contribution in [2.75, 3.05) is 39.9 Å². The first kappa shape index (κ1) is 19.5. The highest BCUT2D eigenvalue weighted by molar-refractivity contribution is 7.89. The first-order chi connectivity index (χ1) is 11.9. The minimum Gasteiger partial charge on any atom is -0.495 e. The van der Waals surface area contributed by atoms with Gasteiger partial charge < -0.3 is 14.4 Å². The number of sulfonamides is 1. The maximum Gasteiger partial charge on any atom is 0.409 e. The van der Waals surface area contributed by atoms with E-state index in [0.29, 0.717) is 38.4 Å². The summed E-state index contributed by atoms with van der Waals surface area (Å²) in [6.45, 7) is 5.42. The van der Waals surface area contributed by atoms with Crippen molar-refractivity contribution in [3.8, 4) is 5.75 Å². The Kier molecular flexibility index (Phi) is 6.66. The van der Waals surface area contributed by atoms with E-state index in [0.717, 1.165) is 12.0 Å². The molecule has 0 radical (unpaired) electrons. The van der Waals surface area contributed by atoms with E-state index in [1.807, 2.05) is 13.0 Å². The lowest BCUT2D eigenvalue weighted by Crippen LogP contribution is -2.37. The van der Waals surface area contributed by atoms with E-state index in [1.54, 1.807) is 24.0 Å². The van der Waals surface area contributed by atoms with Crippen molar-refractivity contribution < 1.29 is 22.7 Å². The van der Waals surface area contributed by atoms with E-state index in [4.69, 9.17) is 9.47 Å². The fourth-order valence-electron chi connectivity index (χ4n) is 2.81. The molecule has 0 saturated carbocycles. The fourth-order valence-corrected chi connectivity index (χ4v) is 4.49. The Balaban J connectivity index is 2.24. The second-order valence-electron chi connectivity index (χ2n) is 5.78. The summed E-state index contributed by atoms with van der Waals surface area (Å²) < 4.78 is 37.9. The Morgan fingerprint density at radius 1 is 1.16 bits per heavy atom. The number of amides is 1. The van der Waals surface area contributed by atoms with Crippen molar-refractivity contribution in [3.05, 3.63) is 23.8 Å². The number of carbonyl (C=O) groups excluding carboxylic acids is 1. The minimum atomic E-state index is -3.69. The molecule has 1 aromatic rings. The molecule has 8 heteroatoms. The highest BCUT2D eigenvalue weighted by atomic mass is 32.2. The van der Waals surface area contributed by atoms with Crippen molar-refractivity contribution >= 4 is 16.1 Å². The van der Waals surface area contributed by atoms with E-state index in [-0.39, 0.29) is 11.4 Å². The summed E-state index contributed by atoms with van der Waals surface area (Å²) in [5, 5.41) is 0. The van der Waals surface area contributed by atoms with Crippen LogP contribution in [0.2, 0.25) is 0 Å². The van der Waals surface area contributed by atoms with Crippen LogP contribution in [0.4, 0.5) is 4.79 Å². The van der Waals surface area contributed by atoms with Crippen LogP contribution in [0.3, 0.4) is 0 Å². The molecule has 1 aliphatic rings. The molecule has 25 heavy (non-hydrogen) atoms. The van der Waals surface area contributed by atoms with Crippen molar-refractivity contribution in [1.82, 2.24) is 9.21 Å². The third kappa shape index (κ3) is 4.43. The van der Waals surface area contributed by atoms with E-state index >= 15 is 0 Å². The van der Waals surface area contributed by atoms with E-state index in [2.05, 4.69) is 0 Å².